The van der Waals surface area contributed by atoms with Crippen molar-refractivity contribution in [1.82, 2.24) is 8.75 Å². The fraction of sp³-hybridized carbons (Fsp3) is 0. The van der Waals surface area contributed by atoms with Crippen molar-refractivity contribution in [2.45, 2.75) is 10.1 Å². The highest BCUT2D eigenvalue weighted by atomic mass is 32.2. The second-order valence-electron chi connectivity index (χ2n) is 4.47. The van der Waals surface area contributed by atoms with Crippen LogP contribution < -0.4 is 0 Å². The van der Waals surface area contributed by atoms with Crippen LogP contribution in [-0.2, 0) is 9.84 Å². The molecule has 0 aliphatic heterocycles. The molecular weight excluding hydrogens is 324 g/mol. The Hall–Kier alpha value is -1.83. The molecule has 0 unspecified atom stereocenters. The van der Waals surface area contributed by atoms with Crippen molar-refractivity contribution >= 4 is 53.1 Å². The number of hydrogen-bond acceptors (Lipinski definition) is 6. The minimum absolute atomic E-state index is 0.0964. The van der Waals surface area contributed by atoms with Gasteiger partial charge in [0.1, 0.15) is 0 Å². The van der Waals surface area contributed by atoms with Crippen LogP contribution in [0.1, 0.15) is 0 Å². The van der Waals surface area contributed by atoms with Gasteiger partial charge in [0.15, 0.2) is 10.1 Å². The van der Waals surface area contributed by atoms with E-state index < -0.39 is 9.84 Å². The zero-order chi connectivity index (χ0) is 14.4. The third kappa shape index (κ3) is 1.89. The molecule has 4 rings (SSSR count). The van der Waals surface area contributed by atoms with Gasteiger partial charge in [-0.15, -0.1) is 0 Å². The number of fused-ring (bicyclic) bond motifs is 2. The van der Waals surface area contributed by atoms with Crippen molar-refractivity contribution in [3.63, 3.8) is 0 Å². The zero-order valence-corrected chi connectivity index (χ0v) is 13.0. The van der Waals surface area contributed by atoms with Crippen LogP contribution >= 0.6 is 23.1 Å². The van der Waals surface area contributed by atoms with Gasteiger partial charge in [0.2, 0.25) is 9.84 Å². The largest absolute Gasteiger partial charge is 0.244 e. The van der Waals surface area contributed by atoms with Crippen molar-refractivity contribution in [2.75, 3.05) is 0 Å². The Morgan fingerprint density at radius 2 is 1.14 bits per heavy atom. The number of aromatic nitrogens is 2. The van der Waals surface area contributed by atoms with E-state index in [-0.39, 0.29) is 10.1 Å². The summed E-state index contributed by atoms with van der Waals surface area (Å²) >= 11 is 2.38. The molecule has 0 aliphatic rings. The first kappa shape index (κ1) is 12.9. The summed E-state index contributed by atoms with van der Waals surface area (Å²) in [5, 5.41) is 1.50. The summed E-state index contributed by atoms with van der Waals surface area (Å²) in [6.45, 7) is 0. The Kier molecular flexibility index (Phi) is 2.81. The summed E-state index contributed by atoms with van der Waals surface area (Å²) in [4.78, 5) is 0. The lowest BCUT2D eigenvalue weighted by atomic mass is 10.3. The van der Waals surface area contributed by atoms with Gasteiger partial charge in [0, 0.05) is 10.8 Å². The van der Waals surface area contributed by atoms with Crippen LogP contribution in [0.15, 0.2) is 58.6 Å². The topological polar surface area (TPSA) is 59.9 Å². The van der Waals surface area contributed by atoms with Gasteiger partial charge in [-0.05, 0) is 35.2 Å². The Morgan fingerprint density at radius 3 is 1.62 bits per heavy atom. The van der Waals surface area contributed by atoms with E-state index in [0.29, 0.717) is 10.8 Å². The van der Waals surface area contributed by atoms with Crippen molar-refractivity contribution < 1.29 is 8.42 Å². The molecule has 104 valence electrons. The monoisotopic (exact) mass is 332 g/mol. The van der Waals surface area contributed by atoms with Crippen molar-refractivity contribution in [3.05, 3.63) is 48.5 Å². The minimum atomic E-state index is -3.71. The van der Waals surface area contributed by atoms with Gasteiger partial charge in [0.25, 0.3) is 0 Å². The smallest absolute Gasteiger partial charge is 0.215 e. The van der Waals surface area contributed by atoms with Crippen LogP contribution in [0.3, 0.4) is 0 Å². The molecule has 0 radical (unpaired) electrons. The Bertz CT molecular complexity index is 984. The standard InChI is InChI=1S/C14H8N2O2S3/c17-21(18,13-9-5-1-3-7-11(9)19-15-13)14-10-6-2-4-8-12(10)20-16-14/h1-8H. The normalized spacial score (nSPS) is 12.2. The molecule has 0 fully saturated rings. The molecule has 7 heteroatoms. The molecule has 0 saturated heterocycles. The van der Waals surface area contributed by atoms with Crippen molar-refractivity contribution in [1.29, 1.82) is 0 Å². The molecular formula is C14H8N2O2S3. The number of sulfone groups is 1. The molecule has 0 bridgehead atoms. The third-order valence-electron chi connectivity index (χ3n) is 3.20. The molecule has 4 aromatic rings. The maximum absolute atomic E-state index is 12.9. The second kappa shape index (κ2) is 4.59. The summed E-state index contributed by atoms with van der Waals surface area (Å²) in [5.74, 6) is 0. The number of hydrogen-bond donors (Lipinski definition) is 0. The maximum Gasteiger partial charge on any atom is 0.244 e. The third-order valence-corrected chi connectivity index (χ3v) is 6.72. The van der Waals surface area contributed by atoms with Crippen LogP contribution in [0.4, 0.5) is 0 Å². The van der Waals surface area contributed by atoms with Gasteiger partial charge < -0.3 is 0 Å². The summed E-state index contributed by atoms with van der Waals surface area (Å²) < 4.78 is 35.8. The maximum atomic E-state index is 12.9. The van der Waals surface area contributed by atoms with Crippen LogP contribution in [-0.4, -0.2) is 17.2 Å². The summed E-state index contributed by atoms with van der Waals surface area (Å²) in [6.07, 6.45) is 0. The van der Waals surface area contributed by atoms with E-state index in [1.54, 1.807) is 12.1 Å². The molecule has 0 atom stereocenters. The molecule has 4 nitrogen and oxygen atoms in total. The molecule has 21 heavy (non-hydrogen) atoms. The average molecular weight is 332 g/mol. The lowest BCUT2D eigenvalue weighted by Crippen LogP contribution is -2.03. The van der Waals surface area contributed by atoms with Gasteiger partial charge in [-0.1, -0.05) is 36.4 Å². The van der Waals surface area contributed by atoms with Crippen molar-refractivity contribution in [3.8, 4) is 0 Å². The number of benzene rings is 2. The molecule has 2 aromatic heterocycles. The van der Waals surface area contributed by atoms with Crippen LogP contribution in [0.25, 0.3) is 20.2 Å². The molecule has 0 N–H and O–H groups in total. The molecule has 2 heterocycles. The highest BCUT2D eigenvalue weighted by Crippen LogP contribution is 2.34. The first-order valence-corrected chi connectivity index (χ1v) is 9.15. The fourth-order valence-electron chi connectivity index (χ4n) is 2.20. The lowest BCUT2D eigenvalue weighted by Gasteiger charge is -1.99. The second-order valence-corrected chi connectivity index (χ2v) is 7.86. The predicted molar refractivity (Wildman–Crippen MR) is 84.7 cm³/mol. The highest BCUT2D eigenvalue weighted by Gasteiger charge is 2.28. The minimum Gasteiger partial charge on any atom is -0.215 e. The predicted octanol–water partition coefficient (Wildman–Crippen LogP) is 3.74. The van der Waals surface area contributed by atoms with E-state index in [0.717, 1.165) is 9.40 Å². The highest BCUT2D eigenvalue weighted by molar-refractivity contribution is 7.92. The average Bonchev–Trinajstić information content (AvgIpc) is 3.12. The SMILES string of the molecule is O=S(=O)(c1nsc2ccccc12)c1nsc2ccccc12. The number of nitrogens with zero attached hydrogens (tertiary/aromatic N) is 2. The Morgan fingerprint density at radius 1 is 0.714 bits per heavy atom. The van der Waals surface area contributed by atoms with E-state index in [1.807, 2.05) is 36.4 Å². The fourth-order valence-corrected chi connectivity index (χ4v) is 5.82. The van der Waals surface area contributed by atoms with Gasteiger partial charge in [0.05, 0.1) is 9.40 Å². The van der Waals surface area contributed by atoms with Crippen LogP contribution in [0.5, 0.6) is 0 Å². The lowest BCUT2D eigenvalue weighted by molar-refractivity contribution is 0.593. The quantitative estimate of drug-likeness (QED) is 0.561. The Labute approximate surface area is 128 Å². The van der Waals surface area contributed by atoms with Gasteiger partial charge in [-0.2, -0.15) is 8.75 Å². The van der Waals surface area contributed by atoms with E-state index in [4.69, 9.17) is 0 Å². The first-order valence-electron chi connectivity index (χ1n) is 6.12. The van der Waals surface area contributed by atoms with Gasteiger partial charge in [-0.3, -0.25) is 0 Å². The van der Waals surface area contributed by atoms with Crippen LogP contribution in [0, 0.1) is 0 Å². The summed E-state index contributed by atoms with van der Waals surface area (Å²) in [5.41, 5.74) is 0. The Balaban J connectivity index is 2.02. The molecule has 0 saturated carbocycles. The van der Waals surface area contributed by atoms with Crippen LogP contribution in [0.2, 0.25) is 0 Å². The zero-order valence-electron chi connectivity index (χ0n) is 10.6. The molecule has 0 amide bonds. The van der Waals surface area contributed by atoms with E-state index in [1.165, 1.54) is 23.1 Å². The summed E-state index contributed by atoms with van der Waals surface area (Å²) in [7, 11) is -3.71. The van der Waals surface area contributed by atoms with Gasteiger partial charge >= 0.3 is 0 Å². The van der Waals surface area contributed by atoms with Crippen molar-refractivity contribution in [2.24, 2.45) is 0 Å². The number of rotatable bonds is 2. The molecule has 2 aromatic carbocycles. The molecule has 0 spiro atoms. The van der Waals surface area contributed by atoms with E-state index in [9.17, 15) is 8.42 Å². The molecule has 0 aliphatic carbocycles. The van der Waals surface area contributed by atoms with E-state index in [2.05, 4.69) is 8.75 Å². The van der Waals surface area contributed by atoms with Gasteiger partial charge in [-0.25, -0.2) is 8.42 Å². The van der Waals surface area contributed by atoms with E-state index >= 15 is 0 Å². The summed E-state index contributed by atoms with van der Waals surface area (Å²) in [6, 6.07) is 14.7. The first-order chi connectivity index (χ1) is 10.2.